The van der Waals surface area contributed by atoms with Crippen molar-refractivity contribution >= 4 is 5.69 Å². The van der Waals surface area contributed by atoms with Crippen LogP contribution in [0, 0.1) is 19.7 Å². The minimum absolute atomic E-state index is 0.223. The number of anilines is 1. The van der Waals surface area contributed by atoms with Crippen molar-refractivity contribution in [2.45, 2.75) is 20.4 Å². The van der Waals surface area contributed by atoms with E-state index in [-0.39, 0.29) is 11.6 Å². The van der Waals surface area contributed by atoms with Gasteiger partial charge in [-0.15, -0.1) is 0 Å². The molecule has 94 valence electrons. The number of hydrogen-bond donors (Lipinski definition) is 2. The third-order valence-electron chi connectivity index (χ3n) is 2.99. The van der Waals surface area contributed by atoms with Crippen molar-refractivity contribution in [1.82, 2.24) is 0 Å². The molecule has 2 aromatic carbocycles. The molecule has 0 aromatic heterocycles. The van der Waals surface area contributed by atoms with Crippen LogP contribution in [-0.4, -0.2) is 5.11 Å². The first-order chi connectivity index (χ1) is 8.56. The maximum Gasteiger partial charge on any atom is 0.123 e. The molecule has 0 saturated heterocycles. The molecule has 0 amide bonds. The molecule has 2 N–H and O–H groups in total. The van der Waals surface area contributed by atoms with Gasteiger partial charge in [-0.2, -0.15) is 0 Å². The minimum atomic E-state index is -0.223. The molecule has 3 heteroatoms. The smallest absolute Gasteiger partial charge is 0.123 e. The second-order valence-corrected chi connectivity index (χ2v) is 4.43. The third-order valence-corrected chi connectivity index (χ3v) is 2.99. The maximum atomic E-state index is 13.1. The predicted molar refractivity (Wildman–Crippen MR) is 71.3 cm³/mol. The number of benzene rings is 2. The van der Waals surface area contributed by atoms with Crippen LogP contribution in [0.5, 0.6) is 5.75 Å². The molecule has 0 aliphatic heterocycles. The van der Waals surface area contributed by atoms with Gasteiger partial charge in [0.15, 0.2) is 0 Å². The molecule has 2 rings (SSSR count). The molecule has 0 fully saturated rings. The normalized spacial score (nSPS) is 10.4. The van der Waals surface area contributed by atoms with Crippen LogP contribution in [0.25, 0.3) is 0 Å². The van der Waals surface area contributed by atoms with Crippen LogP contribution in [0.15, 0.2) is 36.4 Å². The lowest BCUT2D eigenvalue weighted by Crippen LogP contribution is -2.02. The summed E-state index contributed by atoms with van der Waals surface area (Å²) >= 11 is 0. The zero-order valence-corrected chi connectivity index (χ0v) is 10.5. The highest BCUT2D eigenvalue weighted by molar-refractivity contribution is 5.50. The summed E-state index contributed by atoms with van der Waals surface area (Å²) in [7, 11) is 0. The Bertz CT molecular complexity index is 566. The minimum Gasteiger partial charge on any atom is -0.508 e. The van der Waals surface area contributed by atoms with Crippen LogP contribution in [0.1, 0.15) is 16.7 Å². The molecule has 18 heavy (non-hydrogen) atoms. The zero-order valence-electron chi connectivity index (χ0n) is 10.5. The second-order valence-electron chi connectivity index (χ2n) is 4.43. The Balaban J connectivity index is 2.11. The van der Waals surface area contributed by atoms with E-state index in [4.69, 9.17) is 0 Å². The Morgan fingerprint density at radius 2 is 1.83 bits per heavy atom. The average molecular weight is 245 g/mol. The molecule has 0 atom stereocenters. The fourth-order valence-corrected chi connectivity index (χ4v) is 1.79. The molecular weight excluding hydrogens is 229 g/mol. The van der Waals surface area contributed by atoms with Crippen LogP contribution in [-0.2, 0) is 6.54 Å². The molecule has 0 bridgehead atoms. The molecule has 0 saturated carbocycles. The summed E-state index contributed by atoms with van der Waals surface area (Å²) in [5.41, 5.74) is 3.71. The largest absolute Gasteiger partial charge is 0.508 e. The van der Waals surface area contributed by atoms with E-state index in [9.17, 15) is 9.50 Å². The van der Waals surface area contributed by atoms with E-state index in [2.05, 4.69) is 5.32 Å². The lowest BCUT2D eigenvalue weighted by Gasteiger charge is -2.10. The van der Waals surface area contributed by atoms with E-state index < -0.39 is 0 Å². The number of phenolic OH excluding ortho intramolecular Hbond substituents is 1. The number of nitrogens with one attached hydrogen (secondary N) is 1. The van der Waals surface area contributed by atoms with E-state index >= 15 is 0 Å². The number of rotatable bonds is 3. The van der Waals surface area contributed by atoms with E-state index in [1.165, 1.54) is 12.1 Å². The van der Waals surface area contributed by atoms with Gasteiger partial charge >= 0.3 is 0 Å². The predicted octanol–water partition coefficient (Wildman–Crippen LogP) is 3.76. The summed E-state index contributed by atoms with van der Waals surface area (Å²) in [6, 6.07) is 10.1. The number of aryl methyl sites for hydroxylation is 2. The molecule has 0 spiro atoms. The zero-order chi connectivity index (χ0) is 13.1. The van der Waals surface area contributed by atoms with Crippen molar-refractivity contribution in [2.24, 2.45) is 0 Å². The summed E-state index contributed by atoms with van der Waals surface area (Å²) in [5, 5.41) is 12.7. The van der Waals surface area contributed by atoms with Crippen molar-refractivity contribution in [3.8, 4) is 5.75 Å². The summed E-state index contributed by atoms with van der Waals surface area (Å²) in [5.74, 6) is 0.0572. The SMILES string of the molecule is Cc1cc(NCc2cc(F)ccc2C)ccc1O. The van der Waals surface area contributed by atoms with Gasteiger partial charge in [-0.1, -0.05) is 6.07 Å². The lowest BCUT2D eigenvalue weighted by molar-refractivity contribution is 0.471. The van der Waals surface area contributed by atoms with Gasteiger partial charge in [0, 0.05) is 12.2 Å². The first-order valence-electron chi connectivity index (χ1n) is 5.85. The van der Waals surface area contributed by atoms with Gasteiger partial charge in [-0.25, -0.2) is 4.39 Å². The first kappa shape index (κ1) is 12.4. The van der Waals surface area contributed by atoms with Crippen molar-refractivity contribution in [1.29, 1.82) is 0 Å². The average Bonchev–Trinajstić information content (AvgIpc) is 2.34. The van der Waals surface area contributed by atoms with Gasteiger partial charge in [-0.05, 0) is 60.9 Å². The molecule has 2 aromatic rings. The third kappa shape index (κ3) is 2.80. The highest BCUT2D eigenvalue weighted by Crippen LogP contribution is 2.21. The van der Waals surface area contributed by atoms with Gasteiger partial charge in [-0.3, -0.25) is 0 Å². The number of halogens is 1. The summed E-state index contributed by atoms with van der Waals surface area (Å²) in [6.45, 7) is 4.36. The lowest BCUT2D eigenvalue weighted by atomic mass is 10.1. The Labute approximate surface area is 106 Å². The molecule has 2 nitrogen and oxygen atoms in total. The Hall–Kier alpha value is -2.03. The van der Waals surface area contributed by atoms with Gasteiger partial charge in [0.05, 0.1) is 0 Å². The second kappa shape index (κ2) is 5.08. The van der Waals surface area contributed by atoms with Crippen LogP contribution in [0.3, 0.4) is 0 Å². The fourth-order valence-electron chi connectivity index (χ4n) is 1.79. The highest BCUT2D eigenvalue weighted by atomic mass is 19.1. The van der Waals surface area contributed by atoms with Crippen molar-refractivity contribution in [3.63, 3.8) is 0 Å². The van der Waals surface area contributed by atoms with E-state index in [0.29, 0.717) is 6.54 Å². The maximum absolute atomic E-state index is 13.1. The first-order valence-corrected chi connectivity index (χ1v) is 5.85. The van der Waals surface area contributed by atoms with Gasteiger partial charge in [0.2, 0.25) is 0 Å². The molecule has 0 radical (unpaired) electrons. The van der Waals surface area contributed by atoms with E-state index in [0.717, 1.165) is 22.4 Å². The van der Waals surface area contributed by atoms with Crippen molar-refractivity contribution in [2.75, 3.05) is 5.32 Å². The molecule has 0 heterocycles. The Kier molecular flexibility index (Phi) is 3.51. The summed E-state index contributed by atoms with van der Waals surface area (Å²) in [6.07, 6.45) is 0. The van der Waals surface area contributed by atoms with Gasteiger partial charge in [0.25, 0.3) is 0 Å². The van der Waals surface area contributed by atoms with Crippen LogP contribution in [0.2, 0.25) is 0 Å². The summed E-state index contributed by atoms with van der Waals surface area (Å²) < 4.78 is 13.1. The fraction of sp³-hybridized carbons (Fsp3) is 0.200. The molecule has 0 unspecified atom stereocenters. The van der Waals surface area contributed by atoms with Gasteiger partial charge < -0.3 is 10.4 Å². The van der Waals surface area contributed by atoms with Crippen molar-refractivity contribution in [3.05, 3.63) is 58.9 Å². The van der Waals surface area contributed by atoms with E-state index in [1.807, 2.05) is 19.9 Å². The quantitative estimate of drug-likeness (QED) is 0.807. The van der Waals surface area contributed by atoms with Crippen LogP contribution >= 0.6 is 0 Å². The van der Waals surface area contributed by atoms with Crippen molar-refractivity contribution < 1.29 is 9.50 Å². The van der Waals surface area contributed by atoms with Crippen LogP contribution < -0.4 is 5.32 Å². The molecule has 0 aliphatic carbocycles. The molecule has 0 aliphatic rings. The monoisotopic (exact) mass is 245 g/mol. The summed E-state index contributed by atoms with van der Waals surface area (Å²) in [4.78, 5) is 0. The Morgan fingerprint density at radius 3 is 2.56 bits per heavy atom. The highest BCUT2D eigenvalue weighted by Gasteiger charge is 2.02. The standard InChI is InChI=1S/C15H16FNO/c1-10-3-4-13(16)8-12(10)9-17-14-5-6-15(18)11(2)7-14/h3-8,17-18H,9H2,1-2H3. The van der Waals surface area contributed by atoms with E-state index in [1.54, 1.807) is 18.2 Å². The number of phenols is 1. The van der Waals surface area contributed by atoms with Gasteiger partial charge in [0.1, 0.15) is 11.6 Å². The van der Waals surface area contributed by atoms with Crippen LogP contribution in [0.4, 0.5) is 10.1 Å². The molecular formula is C15H16FNO. The Morgan fingerprint density at radius 1 is 1.06 bits per heavy atom. The number of aromatic hydroxyl groups is 1. The topological polar surface area (TPSA) is 32.3 Å². The number of hydrogen-bond acceptors (Lipinski definition) is 2.